The molecule has 8 nitrogen and oxygen atoms in total. The number of aryl methyl sites for hydroxylation is 1. The van der Waals surface area contributed by atoms with Crippen LogP contribution in [-0.4, -0.2) is 106 Å². The molecule has 13 aliphatic rings. The van der Waals surface area contributed by atoms with Crippen LogP contribution in [0.5, 0.6) is 0 Å². The fraction of sp³-hybridized carbons (Fsp3) is 0.729. The Bertz CT molecular complexity index is 2830. The second kappa shape index (κ2) is 48.7. The van der Waals surface area contributed by atoms with Gasteiger partial charge in [-0.3, -0.25) is 0 Å². The molecule has 0 spiro atoms. The van der Waals surface area contributed by atoms with Gasteiger partial charge in [-0.1, -0.05) is 193 Å². The van der Waals surface area contributed by atoms with E-state index < -0.39 is 0 Å². The quantitative estimate of drug-likeness (QED) is 0.0507. The van der Waals surface area contributed by atoms with Gasteiger partial charge in [0.15, 0.2) is 0 Å². The molecule has 8 heteroatoms. The number of allylic oxidation sites excluding steroid dienone is 2. The third kappa shape index (κ3) is 27.1. The Labute approximate surface area is 636 Å². The van der Waals surface area contributed by atoms with E-state index in [1.807, 2.05) is 6.92 Å². The van der Waals surface area contributed by atoms with Crippen LogP contribution in [0, 0.1) is 82.9 Å². The van der Waals surface area contributed by atoms with E-state index >= 15 is 0 Å². The van der Waals surface area contributed by atoms with Crippen LogP contribution in [0.1, 0.15) is 274 Å². The maximum atomic E-state index is 5.63. The lowest BCUT2D eigenvalue weighted by Crippen LogP contribution is -2.29. The summed E-state index contributed by atoms with van der Waals surface area (Å²) in [6.07, 6.45) is 47.6. The normalized spacial score (nSPS) is 27.4. The summed E-state index contributed by atoms with van der Waals surface area (Å²) >= 11 is 0. The van der Waals surface area contributed by atoms with E-state index in [-0.39, 0.29) is 0 Å². The summed E-state index contributed by atoms with van der Waals surface area (Å²) in [6.45, 7) is 31.2. The fourth-order valence-electron chi connectivity index (χ4n) is 20.8. The first-order chi connectivity index (χ1) is 51.3. The average Bonchev–Trinajstić information content (AvgIpc) is 1.66. The van der Waals surface area contributed by atoms with Gasteiger partial charge in [-0.2, -0.15) is 0 Å². The molecule has 0 amide bonds. The van der Waals surface area contributed by atoms with Gasteiger partial charge >= 0.3 is 0 Å². The van der Waals surface area contributed by atoms with Crippen LogP contribution in [0.4, 0.5) is 0 Å². The Hall–Kier alpha value is -3.70. The molecule has 4 aromatic carbocycles. The molecule has 0 aliphatic heterocycles. The van der Waals surface area contributed by atoms with Gasteiger partial charge in [0.1, 0.15) is 0 Å². The van der Waals surface area contributed by atoms with Crippen LogP contribution in [0.2, 0.25) is 0 Å². The maximum Gasteiger partial charge on any atom is 0.0575 e. The zero-order valence-corrected chi connectivity index (χ0v) is 67.4. The molecule has 6 bridgehead atoms. The Morgan fingerprint density at radius 3 is 1.32 bits per heavy atom. The predicted octanol–water partition coefficient (Wildman–Crippen LogP) is 24.0. The molecule has 9 saturated carbocycles. The van der Waals surface area contributed by atoms with Gasteiger partial charge in [0.2, 0.25) is 0 Å². The smallest absolute Gasteiger partial charge is 0.0575 e. The van der Waals surface area contributed by atoms with Crippen LogP contribution in [-0.2, 0) is 57.2 Å². The first kappa shape index (κ1) is 84.3. The van der Waals surface area contributed by atoms with Crippen molar-refractivity contribution in [3.63, 3.8) is 0 Å². The van der Waals surface area contributed by atoms with Crippen molar-refractivity contribution in [2.24, 2.45) is 82.9 Å². The van der Waals surface area contributed by atoms with Gasteiger partial charge in [0.05, 0.1) is 13.2 Å². The van der Waals surface area contributed by atoms with Crippen molar-refractivity contribution in [3.05, 3.63) is 143 Å². The van der Waals surface area contributed by atoms with Gasteiger partial charge in [-0.25, -0.2) is 0 Å². The summed E-state index contributed by atoms with van der Waals surface area (Å²) in [4.78, 5) is 0. The predicted molar refractivity (Wildman–Crippen MR) is 435 cm³/mol. The van der Waals surface area contributed by atoms with E-state index in [1.165, 1.54) is 218 Å². The highest BCUT2D eigenvalue weighted by atomic mass is 16.5. The number of benzene rings is 4. The first-order valence-corrected chi connectivity index (χ1v) is 43.9. The minimum atomic E-state index is 0.405. The molecule has 0 aromatic heterocycles. The van der Waals surface area contributed by atoms with Crippen molar-refractivity contribution in [1.29, 1.82) is 0 Å². The molecular formula is C96H150O8. The minimum Gasteiger partial charge on any atom is -0.381 e. The van der Waals surface area contributed by atoms with Crippen LogP contribution in [0.25, 0.3) is 11.1 Å². The second-order valence-electron chi connectivity index (χ2n) is 33.2. The fourth-order valence-corrected chi connectivity index (χ4v) is 20.8. The summed E-state index contributed by atoms with van der Waals surface area (Å²) in [5.74, 6) is 14.4. The van der Waals surface area contributed by atoms with Crippen molar-refractivity contribution in [2.45, 2.75) is 260 Å². The number of hydrogen-bond acceptors (Lipinski definition) is 8. The zero-order chi connectivity index (χ0) is 72.8. The van der Waals surface area contributed by atoms with Crippen LogP contribution in [0.15, 0.2) is 109 Å². The number of ether oxygens (including phenoxy) is 8. The molecule has 0 N–H and O–H groups in total. The average molecular weight is 1430 g/mol. The lowest BCUT2D eigenvalue weighted by Gasteiger charge is -2.39. The van der Waals surface area contributed by atoms with E-state index in [0.29, 0.717) is 11.8 Å². The number of fused-ring (bicyclic) bond motifs is 8. The Morgan fingerprint density at radius 2 is 0.769 bits per heavy atom. The third-order valence-corrected chi connectivity index (χ3v) is 26.2. The van der Waals surface area contributed by atoms with Crippen molar-refractivity contribution in [3.8, 4) is 11.1 Å². The van der Waals surface area contributed by atoms with E-state index in [9.17, 15) is 0 Å². The molecule has 17 rings (SSSR count). The summed E-state index contributed by atoms with van der Waals surface area (Å²) in [5, 5.41) is 0. The molecule has 0 saturated heterocycles. The van der Waals surface area contributed by atoms with Gasteiger partial charge in [-0.05, 0) is 292 Å². The van der Waals surface area contributed by atoms with Gasteiger partial charge in [0, 0.05) is 104 Å². The lowest BCUT2D eigenvalue weighted by atomic mass is 9.68. The molecular weight excluding hydrogens is 1280 g/mol. The number of hydrogen-bond donors (Lipinski definition) is 0. The summed E-state index contributed by atoms with van der Waals surface area (Å²) in [5.41, 5.74) is 11.6. The summed E-state index contributed by atoms with van der Waals surface area (Å²) in [6, 6.07) is 34.8. The molecule has 582 valence electrons. The number of rotatable bonds is 24. The topological polar surface area (TPSA) is 73.8 Å². The zero-order valence-electron chi connectivity index (χ0n) is 67.4. The molecule has 9 fully saturated rings. The molecule has 4 aromatic rings. The van der Waals surface area contributed by atoms with Gasteiger partial charge < -0.3 is 37.9 Å². The van der Waals surface area contributed by atoms with E-state index in [4.69, 9.17) is 37.9 Å². The Balaban J connectivity index is 0.000000138. The maximum absolute atomic E-state index is 5.63. The molecule has 104 heavy (non-hydrogen) atoms. The highest BCUT2D eigenvalue weighted by Gasteiger charge is 2.53. The summed E-state index contributed by atoms with van der Waals surface area (Å²) < 4.78 is 44.1. The monoisotopic (exact) mass is 1430 g/mol. The molecule has 12 unspecified atom stereocenters. The van der Waals surface area contributed by atoms with E-state index in [0.717, 1.165) is 189 Å². The molecule has 13 aliphatic carbocycles. The second-order valence-corrected chi connectivity index (χ2v) is 33.2. The standard InChI is InChI=1S/C16H16O.C13H24O.C12H20O.2C12H16O.C11H22O.C10H16O.C10H20O/c1-2-17-11-16-14-9-5-3-7-12(14)13-8-4-6-10-15(13)16;1-2-14-10-11-7-8-12-5-3-4-6-13(12)9-11;1-2-13-7-12-10-4-8-3-9(6-10)11(12)5-8;1-2-13-9-10-7-11-5-3-4-6-12(11)8-10;1-2-13-9-11-8-7-10-5-3-4-6-12(10)11;1-2-12-10-11-8-6-4-3-5-7-9-11;1-2-11-7-10-6-8-3-4-9(10)5-8;1-2-11-9-10-7-5-3-4-6-8-10/h3-10,16H,2,11H2,1H3;11-13H,2-10H2,1H3;8-12H,2-7H2,1H3;3-6,10H,2,7-9H2,1H3;3-6,11H,2,7-9H2,1H3;11H,2-10H2,1H3;3-4,8-10H,2,5-7H2,1H3;10H,2-9H2,1H3. The van der Waals surface area contributed by atoms with Crippen LogP contribution < -0.4 is 0 Å². The van der Waals surface area contributed by atoms with Crippen molar-refractivity contribution >= 4 is 0 Å². The molecule has 0 heterocycles. The highest BCUT2D eigenvalue weighted by Crippen LogP contribution is 2.61. The molecule has 12 atom stereocenters. The van der Waals surface area contributed by atoms with Crippen LogP contribution in [0.3, 0.4) is 0 Å². The van der Waals surface area contributed by atoms with Crippen molar-refractivity contribution in [2.75, 3.05) is 106 Å². The Kier molecular flexibility index (Phi) is 39.5. The highest BCUT2D eigenvalue weighted by molar-refractivity contribution is 5.78. The lowest BCUT2D eigenvalue weighted by molar-refractivity contribution is 0.0528. The van der Waals surface area contributed by atoms with Gasteiger partial charge in [0.25, 0.3) is 0 Å². The third-order valence-electron chi connectivity index (χ3n) is 26.2. The van der Waals surface area contributed by atoms with Gasteiger partial charge in [-0.15, -0.1) is 0 Å². The van der Waals surface area contributed by atoms with E-state index in [1.54, 1.807) is 19.3 Å². The minimum absolute atomic E-state index is 0.405. The largest absolute Gasteiger partial charge is 0.381 e. The van der Waals surface area contributed by atoms with E-state index in [2.05, 4.69) is 158 Å². The SMILES string of the molecule is CCOCC1C2CC3CC(C2)C1C3.CCOCC1CC2C=CC1C2.CCOCC1CCC2CCCCC2C1.CCOCC1CCCCCC1.CCOCC1CCCCCCC1.CCOCC1CCc2ccccc21.CCOCC1Cc2ccccc2C1.CCOCC1c2ccccc2-c2ccccc21. The van der Waals surface area contributed by atoms with Crippen LogP contribution >= 0.6 is 0 Å². The molecule has 0 radical (unpaired) electrons. The summed E-state index contributed by atoms with van der Waals surface area (Å²) in [7, 11) is 0. The van der Waals surface area contributed by atoms with Crippen molar-refractivity contribution < 1.29 is 37.9 Å². The van der Waals surface area contributed by atoms with Crippen molar-refractivity contribution in [1.82, 2.24) is 0 Å². The Morgan fingerprint density at radius 1 is 0.308 bits per heavy atom. The first-order valence-electron chi connectivity index (χ1n) is 43.9.